The van der Waals surface area contributed by atoms with Gasteiger partial charge in [-0.15, -0.1) is 13.2 Å². The van der Waals surface area contributed by atoms with Gasteiger partial charge in [-0.2, -0.15) is 5.10 Å². The molecule has 5 rings (SSSR count). The molecule has 1 atom stereocenters. The Morgan fingerprint density at radius 2 is 1.89 bits per heavy atom. The molecule has 0 unspecified atom stereocenters. The maximum Gasteiger partial charge on any atom is 0.573 e. The average Bonchev–Trinajstić information content (AvgIpc) is 3.19. The summed E-state index contributed by atoms with van der Waals surface area (Å²) in [7, 11) is 0. The molecule has 0 radical (unpaired) electrons. The zero-order chi connectivity index (χ0) is 26.5. The average molecular weight is 553 g/mol. The SMILES string of the molecule is C[C@@H]1Cc2nn3c(c2CN1C(=O)c1ccc(Cl)c(Cl)c1)C(=O)N(Cc1ccccc1OC(F)(F)F)CC3. The van der Waals surface area contributed by atoms with Crippen LogP contribution in [0.3, 0.4) is 0 Å². The molecule has 0 bridgehead atoms. The van der Waals surface area contributed by atoms with Crippen LogP contribution in [-0.4, -0.2) is 50.3 Å². The lowest BCUT2D eigenvalue weighted by Crippen LogP contribution is -2.44. The Labute approximate surface area is 220 Å². The van der Waals surface area contributed by atoms with E-state index in [4.69, 9.17) is 23.2 Å². The molecule has 37 heavy (non-hydrogen) atoms. The van der Waals surface area contributed by atoms with Crippen LogP contribution in [0.15, 0.2) is 42.5 Å². The van der Waals surface area contributed by atoms with Gasteiger partial charge in [-0.25, -0.2) is 0 Å². The maximum atomic E-state index is 13.5. The molecule has 1 aromatic heterocycles. The predicted octanol–water partition coefficient (Wildman–Crippen LogP) is 5.33. The third-order valence-electron chi connectivity index (χ3n) is 6.54. The molecule has 0 fully saturated rings. The number of alkyl halides is 3. The van der Waals surface area contributed by atoms with Gasteiger partial charge in [0, 0.05) is 42.2 Å². The molecule has 2 aromatic carbocycles. The van der Waals surface area contributed by atoms with Gasteiger partial charge < -0.3 is 14.5 Å². The first-order valence-corrected chi connectivity index (χ1v) is 12.2. The Morgan fingerprint density at radius 1 is 1.14 bits per heavy atom. The molecule has 194 valence electrons. The molecule has 0 aliphatic carbocycles. The third kappa shape index (κ3) is 5.00. The summed E-state index contributed by atoms with van der Waals surface area (Å²) in [5, 5.41) is 5.21. The summed E-state index contributed by atoms with van der Waals surface area (Å²) in [4.78, 5) is 30.0. The number of hydrogen-bond acceptors (Lipinski definition) is 4. The first-order chi connectivity index (χ1) is 17.5. The fourth-order valence-electron chi connectivity index (χ4n) is 4.75. The molecule has 3 heterocycles. The largest absolute Gasteiger partial charge is 0.573 e. The lowest BCUT2D eigenvalue weighted by atomic mass is 9.97. The molecule has 0 spiro atoms. The van der Waals surface area contributed by atoms with E-state index in [1.807, 2.05) is 6.92 Å². The van der Waals surface area contributed by atoms with Gasteiger partial charge in [-0.1, -0.05) is 41.4 Å². The molecule has 2 amide bonds. The molecular formula is C25H21Cl2F3N4O3. The van der Waals surface area contributed by atoms with Gasteiger partial charge in [0.15, 0.2) is 0 Å². The van der Waals surface area contributed by atoms with E-state index in [-0.39, 0.29) is 53.8 Å². The highest BCUT2D eigenvalue weighted by Gasteiger charge is 2.38. The van der Waals surface area contributed by atoms with E-state index in [0.717, 1.165) is 5.69 Å². The van der Waals surface area contributed by atoms with Gasteiger partial charge in [0.2, 0.25) is 0 Å². The highest BCUT2D eigenvalue weighted by Crippen LogP contribution is 2.32. The van der Waals surface area contributed by atoms with Gasteiger partial charge in [-0.05, 0) is 31.2 Å². The van der Waals surface area contributed by atoms with Crippen molar-refractivity contribution in [2.45, 2.75) is 45.4 Å². The van der Waals surface area contributed by atoms with E-state index in [1.54, 1.807) is 27.8 Å². The van der Waals surface area contributed by atoms with Crippen molar-refractivity contribution in [1.29, 1.82) is 0 Å². The van der Waals surface area contributed by atoms with Gasteiger partial charge in [0.05, 0.1) is 28.8 Å². The number of amides is 2. The minimum Gasteiger partial charge on any atom is -0.405 e. The van der Waals surface area contributed by atoms with Crippen molar-refractivity contribution in [3.05, 3.63) is 80.6 Å². The number of nitrogens with zero attached hydrogens (tertiary/aromatic N) is 4. The number of hydrogen-bond donors (Lipinski definition) is 0. The van der Waals surface area contributed by atoms with E-state index in [9.17, 15) is 22.8 Å². The topological polar surface area (TPSA) is 67.7 Å². The summed E-state index contributed by atoms with van der Waals surface area (Å²) in [6.45, 7) is 2.66. The zero-order valence-electron chi connectivity index (χ0n) is 19.6. The first-order valence-electron chi connectivity index (χ1n) is 11.5. The molecule has 3 aromatic rings. The number of fused-ring (bicyclic) bond motifs is 3. The minimum atomic E-state index is -4.85. The maximum absolute atomic E-state index is 13.5. The van der Waals surface area contributed by atoms with Gasteiger partial charge in [0.25, 0.3) is 11.8 Å². The normalized spacial score (nSPS) is 17.5. The second kappa shape index (κ2) is 9.57. The molecular weight excluding hydrogens is 532 g/mol. The Bertz CT molecular complexity index is 1390. The Hall–Kier alpha value is -3.24. The molecule has 2 aliphatic rings. The fourth-order valence-corrected chi connectivity index (χ4v) is 5.04. The molecule has 7 nitrogen and oxygen atoms in total. The Balaban J connectivity index is 1.41. The summed E-state index contributed by atoms with van der Waals surface area (Å²) in [6, 6.07) is 10.2. The van der Waals surface area contributed by atoms with Crippen LogP contribution in [0.2, 0.25) is 10.0 Å². The number of rotatable bonds is 4. The van der Waals surface area contributed by atoms with Crippen LogP contribution in [0.5, 0.6) is 5.75 Å². The van der Waals surface area contributed by atoms with Crippen LogP contribution < -0.4 is 4.74 Å². The number of ether oxygens (including phenoxy) is 1. The second-order valence-electron chi connectivity index (χ2n) is 8.99. The molecule has 0 N–H and O–H groups in total. The predicted molar refractivity (Wildman–Crippen MR) is 130 cm³/mol. The van der Waals surface area contributed by atoms with Crippen molar-refractivity contribution >= 4 is 35.0 Å². The van der Waals surface area contributed by atoms with Crippen molar-refractivity contribution in [2.24, 2.45) is 0 Å². The number of halogens is 5. The first kappa shape index (κ1) is 25.4. The van der Waals surface area contributed by atoms with E-state index >= 15 is 0 Å². The summed E-state index contributed by atoms with van der Waals surface area (Å²) < 4.78 is 44.3. The van der Waals surface area contributed by atoms with Gasteiger partial charge >= 0.3 is 6.36 Å². The van der Waals surface area contributed by atoms with E-state index in [0.29, 0.717) is 34.8 Å². The fraction of sp³-hybridized carbons (Fsp3) is 0.320. The van der Waals surface area contributed by atoms with E-state index in [2.05, 4.69) is 9.84 Å². The van der Waals surface area contributed by atoms with Crippen LogP contribution in [0, 0.1) is 0 Å². The smallest absolute Gasteiger partial charge is 0.405 e. The number of carbonyl (C=O) groups excluding carboxylic acids is 2. The van der Waals surface area contributed by atoms with E-state index in [1.165, 1.54) is 29.2 Å². The molecule has 0 saturated heterocycles. The third-order valence-corrected chi connectivity index (χ3v) is 7.28. The zero-order valence-corrected chi connectivity index (χ0v) is 21.1. The quantitative estimate of drug-likeness (QED) is 0.438. The highest BCUT2D eigenvalue weighted by molar-refractivity contribution is 6.42. The summed E-state index contributed by atoms with van der Waals surface area (Å²) in [5.41, 5.74) is 2.33. The van der Waals surface area contributed by atoms with Crippen molar-refractivity contribution in [3.8, 4) is 5.75 Å². The Kier molecular flexibility index (Phi) is 6.57. The Morgan fingerprint density at radius 3 is 2.62 bits per heavy atom. The van der Waals surface area contributed by atoms with Crippen LogP contribution >= 0.6 is 23.2 Å². The lowest BCUT2D eigenvalue weighted by molar-refractivity contribution is -0.275. The monoisotopic (exact) mass is 552 g/mol. The van der Waals surface area contributed by atoms with Crippen LogP contribution in [0.1, 0.15) is 44.6 Å². The molecule has 2 aliphatic heterocycles. The number of carbonyl (C=O) groups is 2. The van der Waals surface area contributed by atoms with Crippen LogP contribution in [0.25, 0.3) is 0 Å². The van der Waals surface area contributed by atoms with E-state index < -0.39 is 6.36 Å². The number of para-hydroxylation sites is 1. The van der Waals surface area contributed by atoms with Crippen molar-refractivity contribution in [2.75, 3.05) is 6.54 Å². The van der Waals surface area contributed by atoms with Crippen LogP contribution in [0.4, 0.5) is 13.2 Å². The summed E-state index contributed by atoms with van der Waals surface area (Å²) in [5.74, 6) is -0.968. The molecule has 12 heteroatoms. The van der Waals surface area contributed by atoms with Crippen molar-refractivity contribution in [1.82, 2.24) is 19.6 Å². The standard InChI is InChI=1S/C25H21Cl2F3N4O3/c1-14-10-20-17(13-33(14)23(35)15-6-7-18(26)19(27)11-15)22-24(36)32(8-9-34(22)31-20)12-16-4-2-3-5-21(16)37-25(28,29)30/h2-7,11,14H,8-10,12-13H2,1H3/t14-/m1/s1. The van der Waals surface area contributed by atoms with Crippen LogP contribution in [-0.2, 0) is 26.1 Å². The van der Waals surface area contributed by atoms with Crippen molar-refractivity contribution in [3.63, 3.8) is 0 Å². The summed E-state index contributed by atoms with van der Waals surface area (Å²) >= 11 is 12.1. The second-order valence-corrected chi connectivity index (χ2v) is 9.81. The number of benzene rings is 2. The number of aromatic nitrogens is 2. The molecule has 0 saturated carbocycles. The van der Waals surface area contributed by atoms with Gasteiger partial charge in [0.1, 0.15) is 11.4 Å². The highest BCUT2D eigenvalue weighted by atomic mass is 35.5. The van der Waals surface area contributed by atoms with Crippen molar-refractivity contribution < 1.29 is 27.5 Å². The lowest BCUT2D eigenvalue weighted by Gasteiger charge is -2.34. The van der Waals surface area contributed by atoms with Gasteiger partial charge in [-0.3, -0.25) is 14.3 Å². The minimum absolute atomic E-state index is 0.0621. The summed E-state index contributed by atoms with van der Waals surface area (Å²) in [6.07, 6.45) is -4.39.